The van der Waals surface area contributed by atoms with E-state index in [2.05, 4.69) is 5.32 Å². The van der Waals surface area contributed by atoms with Gasteiger partial charge in [-0.1, -0.05) is 6.07 Å². The van der Waals surface area contributed by atoms with Crippen molar-refractivity contribution >= 4 is 12.4 Å². The van der Waals surface area contributed by atoms with E-state index >= 15 is 0 Å². The molecule has 1 fully saturated rings. The molecule has 1 N–H and O–H groups in total. The molecule has 4 heteroatoms. The molecule has 1 atom stereocenters. The Kier molecular flexibility index (Phi) is 3.45. The maximum Gasteiger partial charge on any atom is 0.133 e. The quantitative estimate of drug-likeness (QED) is 0.766. The minimum atomic E-state index is -0.444. The summed E-state index contributed by atoms with van der Waals surface area (Å²) in [6.45, 7) is 2.49. The molecular formula is C10H12ClF2N. The fraction of sp³-hybridized carbons (Fsp3) is 0.400. The average Bonchev–Trinajstić information content (AvgIpc) is 2.02. The maximum atomic E-state index is 13.5. The van der Waals surface area contributed by atoms with E-state index in [0.717, 1.165) is 13.0 Å². The van der Waals surface area contributed by atoms with Crippen LogP contribution in [0.5, 0.6) is 0 Å². The molecule has 1 heterocycles. The van der Waals surface area contributed by atoms with Gasteiger partial charge in [0, 0.05) is 11.6 Å². The van der Waals surface area contributed by atoms with Crippen LogP contribution in [0.2, 0.25) is 0 Å². The molecule has 78 valence electrons. The van der Waals surface area contributed by atoms with Gasteiger partial charge in [-0.15, -0.1) is 12.4 Å². The van der Waals surface area contributed by atoms with Crippen LogP contribution in [-0.2, 0) is 0 Å². The van der Waals surface area contributed by atoms with Crippen molar-refractivity contribution in [1.29, 1.82) is 0 Å². The zero-order chi connectivity index (χ0) is 9.42. The summed E-state index contributed by atoms with van der Waals surface area (Å²) < 4.78 is 26.7. The topological polar surface area (TPSA) is 12.0 Å². The predicted molar refractivity (Wildman–Crippen MR) is 53.7 cm³/mol. The van der Waals surface area contributed by atoms with E-state index in [-0.39, 0.29) is 24.0 Å². The van der Waals surface area contributed by atoms with Crippen LogP contribution in [0.15, 0.2) is 12.1 Å². The molecule has 0 amide bonds. The largest absolute Gasteiger partial charge is 0.310 e. The summed E-state index contributed by atoms with van der Waals surface area (Å²) in [5, 5.41) is 2.99. The Labute approximate surface area is 87.9 Å². The summed E-state index contributed by atoms with van der Waals surface area (Å²) in [4.78, 5) is 0. The predicted octanol–water partition coefficient (Wildman–Crippen LogP) is 2.73. The Hall–Kier alpha value is -0.670. The number of halogens is 3. The minimum absolute atomic E-state index is 0. The molecule has 1 saturated heterocycles. The van der Waals surface area contributed by atoms with Crippen LogP contribution in [0.3, 0.4) is 0 Å². The maximum absolute atomic E-state index is 13.5. The van der Waals surface area contributed by atoms with Gasteiger partial charge < -0.3 is 5.32 Å². The minimum Gasteiger partial charge on any atom is -0.310 e. The summed E-state index contributed by atoms with van der Waals surface area (Å²) >= 11 is 0. The van der Waals surface area contributed by atoms with Crippen molar-refractivity contribution in [3.05, 3.63) is 34.9 Å². The second-order valence-electron chi connectivity index (χ2n) is 3.39. The Bertz CT molecular complexity index is 337. The van der Waals surface area contributed by atoms with Crippen LogP contribution >= 0.6 is 12.4 Å². The summed E-state index contributed by atoms with van der Waals surface area (Å²) in [7, 11) is 0. The SMILES string of the molecule is Cc1ccc(F)c([C@H]2CCN2)c1F.Cl. The van der Waals surface area contributed by atoms with Crippen molar-refractivity contribution in [2.45, 2.75) is 19.4 Å². The molecule has 1 aliphatic rings. The first-order valence-electron chi connectivity index (χ1n) is 4.38. The second-order valence-corrected chi connectivity index (χ2v) is 3.39. The van der Waals surface area contributed by atoms with Gasteiger partial charge in [0.15, 0.2) is 0 Å². The Morgan fingerprint density at radius 3 is 2.50 bits per heavy atom. The standard InChI is InChI=1S/C10H11F2N.ClH/c1-6-2-3-7(11)9(10(6)12)8-4-5-13-8;/h2-3,8,13H,4-5H2,1H3;1H/t8-;/m1./s1. The van der Waals surface area contributed by atoms with Gasteiger partial charge in [-0.3, -0.25) is 0 Å². The van der Waals surface area contributed by atoms with E-state index in [1.807, 2.05) is 0 Å². The highest BCUT2D eigenvalue weighted by Gasteiger charge is 2.25. The van der Waals surface area contributed by atoms with Crippen LogP contribution in [0.25, 0.3) is 0 Å². The molecule has 14 heavy (non-hydrogen) atoms. The number of rotatable bonds is 1. The van der Waals surface area contributed by atoms with Crippen molar-refractivity contribution < 1.29 is 8.78 Å². The lowest BCUT2D eigenvalue weighted by Gasteiger charge is -2.28. The Balaban J connectivity index is 0.000000980. The van der Waals surface area contributed by atoms with E-state index < -0.39 is 11.6 Å². The highest BCUT2D eigenvalue weighted by molar-refractivity contribution is 5.85. The zero-order valence-electron chi connectivity index (χ0n) is 7.81. The van der Waals surface area contributed by atoms with Crippen molar-refractivity contribution in [2.24, 2.45) is 0 Å². The van der Waals surface area contributed by atoms with Gasteiger partial charge in [-0.25, -0.2) is 8.78 Å². The smallest absolute Gasteiger partial charge is 0.133 e. The third-order valence-electron chi connectivity index (χ3n) is 2.49. The number of nitrogens with one attached hydrogen (secondary N) is 1. The molecule has 0 saturated carbocycles. The lowest BCUT2D eigenvalue weighted by molar-refractivity contribution is 0.355. The first-order chi connectivity index (χ1) is 6.20. The van der Waals surface area contributed by atoms with Crippen LogP contribution in [0, 0.1) is 18.6 Å². The van der Waals surface area contributed by atoms with Gasteiger partial charge in [0.25, 0.3) is 0 Å². The third kappa shape index (κ3) is 1.74. The molecule has 1 nitrogen and oxygen atoms in total. The fourth-order valence-electron chi connectivity index (χ4n) is 1.53. The van der Waals surface area contributed by atoms with Gasteiger partial charge in [0.2, 0.25) is 0 Å². The number of aryl methyl sites for hydroxylation is 1. The summed E-state index contributed by atoms with van der Waals surface area (Å²) in [5.41, 5.74) is 0.705. The molecule has 1 aliphatic heterocycles. The van der Waals surface area contributed by atoms with Gasteiger partial charge in [-0.05, 0) is 31.5 Å². The fourth-order valence-corrected chi connectivity index (χ4v) is 1.53. The molecule has 1 aromatic carbocycles. The van der Waals surface area contributed by atoms with Crippen molar-refractivity contribution in [3.8, 4) is 0 Å². The van der Waals surface area contributed by atoms with E-state index in [9.17, 15) is 8.78 Å². The molecule has 0 spiro atoms. The van der Waals surface area contributed by atoms with E-state index in [0.29, 0.717) is 5.56 Å². The Morgan fingerprint density at radius 2 is 2.00 bits per heavy atom. The molecule has 2 rings (SSSR count). The van der Waals surface area contributed by atoms with Gasteiger partial charge in [0.1, 0.15) is 11.6 Å². The van der Waals surface area contributed by atoms with Crippen molar-refractivity contribution in [1.82, 2.24) is 5.32 Å². The van der Waals surface area contributed by atoms with Gasteiger partial charge in [0.05, 0.1) is 0 Å². The monoisotopic (exact) mass is 219 g/mol. The number of hydrogen-bond acceptors (Lipinski definition) is 1. The van der Waals surface area contributed by atoms with Crippen molar-refractivity contribution in [3.63, 3.8) is 0 Å². The first kappa shape index (κ1) is 11.4. The van der Waals surface area contributed by atoms with Crippen LogP contribution in [0.1, 0.15) is 23.6 Å². The van der Waals surface area contributed by atoms with Crippen LogP contribution < -0.4 is 5.32 Å². The molecule has 0 radical (unpaired) electrons. The second kappa shape index (κ2) is 4.24. The summed E-state index contributed by atoms with van der Waals surface area (Å²) in [5.74, 6) is -0.850. The number of hydrogen-bond donors (Lipinski definition) is 1. The highest BCUT2D eigenvalue weighted by Crippen LogP contribution is 2.28. The normalized spacial score (nSPS) is 19.8. The first-order valence-corrected chi connectivity index (χ1v) is 4.38. The van der Waals surface area contributed by atoms with E-state index in [4.69, 9.17) is 0 Å². The van der Waals surface area contributed by atoms with E-state index in [1.54, 1.807) is 6.92 Å². The van der Waals surface area contributed by atoms with Crippen LogP contribution in [0.4, 0.5) is 8.78 Å². The molecule has 0 aromatic heterocycles. The zero-order valence-corrected chi connectivity index (χ0v) is 8.63. The van der Waals surface area contributed by atoms with Gasteiger partial charge in [-0.2, -0.15) is 0 Å². The molecule has 0 bridgehead atoms. The molecule has 1 aromatic rings. The van der Waals surface area contributed by atoms with Crippen LogP contribution in [-0.4, -0.2) is 6.54 Å². The molecule has 0 aliphatic carbocycles. The third-order valence-corrected chi connectivity index (χ3v) is 2.49. The Morgan fingerprint density at radius 1 is 1.36 bits per heavy atom. The average molecular weight is 220 g/mol. The highest BCUT2D eigenvalue weighted by atomic mass is 35.5. The van der Waals surface area contributed by atoms with Crippen molar-refractivity contribution in [2.75, 3.05) is 6.54 Å². The van der Waals surface area contributed by atoms with Gasteiger partial charge >= 0.3 is 0 Å². The lowest BCUT2D eigenvalue weighted by Crippen LogP contribution is -2.36. The van der Waals surface area contributed by atoms with E-state index in [1.165, 1.54) is 12.1 Å². The summed E-state index contributed by atoms with van der Waals surface area (Å²) in [6, 6.07) is 2.67. The number of benzene rings is 1. The summed E-state index contributed by atoms with van der Waals surface area (Å²) in [6.07, 6.45) is 0.817. The lowest BCUT2D eigenvalue weighted by atomic mass is 9.95. The molecule has 0 unspecified atom stereocenters. The molecular weight excluding hydrogens is 208 g/mol.